The van der Waals surface area contributed by atoms with Gasteiger partial charge in [0, 0.05) is 6.61 Å². The summed E-state index contributed by atoms with van der Waals surface area (Å²) in [5.74, 6) is 0. The highest BCUT2D eigenvalue weighted by Crippen LogP contribution is 2.57. The minimum Gasteiger partial charge on any atom is -0.379 e. The SMILES string of the molecule is CCCCOCCOP(=O)(O)OP(=O)(O)O. The van der Waals surface area contributed by atoms with Crippen molar-refractivity contribution in [3.63, 3.8) is 0 Å². The minimum atomic E-state index is -5.03. The van der Waals surface area contributed by atoms with Crippen LogP contribution in [0.25, 0.3) is 0 Å². The van der Waals surface area contributed by atoms with E-state index in [1.54, 1.807) is 0 Å². The lowest BCUT2D eigenvalue weighted by Gasteiger charge is -2.12. The largest absolute Gasteiger partial charge is 0.481 e. The summed E-state index contributed by atoms with van der Waals surface area (Å²) in [6.07, 6.45) is 1.82. The molecule has 0 radical (unpaired) electrons. The predicted octanol–water partition coefficient (Wildman–Crippen LogP) is 1.03. The van der Waals surface area contributed by atoms with E-state index in [1.165, 1.54) is 0 Å². The predicted molar refractivity (Wildman–Crippen MR) is 54.6 cm³/mol. The first-order valence-electron chi connectivity index (χ1n) is 4.59. The van der Waals surface area contributed by atoms with Crippen molar-refractivity contribution >= 4 is 15.6 Å². The Hall–Kier alpha value is 0.220. The fourth-order valence-electron chi connectivity index (χ4n) is 0.718. The molecule has 0 aromatic rings. The third-order valence-corrected chi connectivity index (χ3v) is 3.52. The summed E-state index contributed by atoms with van der Waals surface area (Å²) in [6.45, 7) is 2.25. The van der Waals surface area contributed by atoms with Crippen molar-refractivity contribution in [2.75, 3.05) is 19.8 Å². The smallest absolute Gasteiger partial charge is 0.379 e. The van der Waals surface area contributed by atoms with Gasteiger partial charge in [0.25, 0.3) is 0 Å². The van der Waals surface area contributed by atoms with Gasteiger partial charge in [0.1, 0.15) is 0 Å². The molecular weight excluding hydrogens is 262 g/mol. The van der Waals surface area contributed by atoms with Crippen molar-refractivity contribution in [1.82, 2.24) is 0 Å². The normalized spacial score (nSPS) is 16.0. The van der Waals surface area contributed by atoms with Crippen LogP contribution in [0.4, 0.5) is 0 Å². The van der Waals surface area contributed by atoms with E-state index in [2.05, 4.69) is 8.83 Å². The molecule has 0 saturated carbocycles. The average Bonchev–Trinajstić information content (AvgIpc) is 2.06. The van der Waals surface area contributed by atoms with Crippen LogP contribution >= 0.6 is 15.6 Å². The molecule has 0 rings (SSSR count). The fourth-order valence-corrected chi connectivity index (χ4v) is 2.29. The summed E-state index contributed by atoms with van der Waals surface area (Å²) < 4.78 is 33.9. The maximum Gasteiger partial charge on any atom is 0.481 e. The van der Waals surface area contributed by atoms with E-state index in [0.29, 0.717) is 6.61 Å². The molecule has 0 aliphatic rings. The van der Waals surface area contributed by atoms with E-state index in [1.807, 2.05) is 6.92 Å². The van der Waals surface area contributed by atoms with E-state index in [-0.39, 0.29) is 13.2 Å². The molecule has 10 heteroatoms. The second-order valence-corrected chi connectivity index (χ2v) is 5.67. The first-order chi connectivity index (χ1) is 7.27. The van der Waals surface area contributed by atoms with E-state index in [9.17, 15) is 9.13 Å². The standard InChI is InChI=1S/C6H16O8P2/c1-2-3-4-12-5-6-13-16(10,11)14-15(7,8)9/h2-6H2,1H3,(H,10,11)(H2,7,8,9). The van der Waals surface area contributed by atoms with Crippen LogP contribution in [0, 0.1) is 0 Å². The zero-order valence-corrected chi connectivity index (χ0v) is 10.6. The van der Waals surface area contributed by atoms with Crippen LogP contribution in [-0.2, 0) is 22.7 Å². The number of phosphoric ester groups is 1. The highest BCUT2D eigenvalue weighted by atomic mass is 31.3. The average molecular weight is 278 g/mol. The molecule has 0 fully saturated rings. The first-order valence-corrected chi connectivity index (χ1v) is 7.61. The third-order valence-electron chi connectivity index (χ3n) is 1.33. The lowest BCUT2D eigenvalue weighted by atomic mass is 10.4. The van der Waals surface area contributed by atoms with Gasteiger partial charge in [-0.15, -0.1) is 0 Å². The number of hydrogen-bond donors (Lipinski definition) is 3. The summed E-state index contributed by atoms with van der Waals surface area (Å²) in [7, 11) is -9.75. The van der Waals surface area contributed by atoms with Crippen LogP contribution in [0.5, 0.6) is 0 Å². The number of hydrogen-bond acceptors (Lipinski definition) is 5. The Balaban J connectivity index is 3.67. The molecule has 0 aromatic heterocycles. The molecule has 0 aliphatic heterocycles. The van der Waals surface area contributed by atoms with Gasteiger partial charge in [-0.1, -0.05) is 13.3 Å². The maximum absolute atomic E-state index is 10.9. The lowest BCUT2D eigenvalue weighted by Crippen LogP contribution is -2.04. The van der Waals surface area contributed by atoms with Crippen LogP contribution in [0.3, 0.4) is 0 Å². The third kappa shape index (κ3) is 10.7. The van der Waals surface area contributed by atoms with Gasteiger partial charge in [0.15, 0.2) is 0 Å². The van der Waals surface area contributed by atoms with Crippen LogP contribution in [0.15, 0.2) is 0 Å². The van der Waals surface area contributed by atoms with Crippen LogP contribution in [0.2, 0.25) is 0 Å². The summed E-state index contributed by atoms with van der Waals surface area (Å²) >= 11 is 0. The second-order valence-electron chi connectivity index (χ2n) is 2.84. The molecule has 1 unspecified atom stereocenters. The van der Waals surface area contributed by atoms with Gasteiger partial charge in [-0.05, 0) is 6.42 Å². The lowest BCUT2D eigenvalue weighted by molar-refractivity contribution is 0.0829. The summed E-state index contributed by atoms with van der Waals surface area (Å²) in [5.41, 5.74) is 0. The summed E-state index contributed by atoms with van der Waals surface area (Å²) in [6, 6.07) is 0. The van der Waals surface area contributed by atoms with E-state index in [4.69, 9.17) is 19.4 Å². The molecular formula is C6H16O8P2. The number of ether oxygens (including phenoxy) is 1. The summed E-state index contributed by atoms with van der Waals surface area (Å²) in [4.78, 5) is 25.4. The molecule has 0 aromatic carbocycles. The Morgan fingerprint density at radius 2 is 1.69 bits per heavy atom. The Morgan fingerprint density at radius 3 is 2.19 bits per heavy atom. The maximum atomic E-state index is 10.9. The Morgan fingerprint density at radius 1 is 1.06 bits per heavy atom. The van der Waals surface area contributed by atoms with Gasteiger partial charge in [-0.3, -0.25) is 4.52 Å². The number of unbranched alkanes of at least 4 members (excludes halogenated alkanes) is 1. The molecule has 0 saturated heterocycles. The van der Waals surface area contributed by atoms with E-state index >= 15 is 0 Å². The Kier molecular flexibility index (Phi) is 7.63. The number of rotatable bonds is 9. The van der Waals surface area contributed by atoms with Gasteiger partial charge >= 0.3 is 15.6 Å². The van der Waals surface area contributed by atoms with Gasteiger partial charge in [-0.25, -0.2) is 9.13 Å². The zero-order chi connectivity index (χ0) is 12.7. The molecule has 0 amide bonds. The summed E-state index contributed by atoms with van der Waals surface area (Å²) in [5, 5.41) is 0. The Labute approximate surface area is 93.4 Å². The zero-order valence-electron chi connectivity index (χ0n) is 8.81. The van der Waals surface area contributed by atoms with Crippen LogP contribution < -0.4 is 0 Å². The monoisotopic (exact) mass is 278 g/mol. The second kappa shape index (κ2) is 7.53. The highest BCUT2D eigenvalue weighted by Gasteiger charge is 2.31. The van der Waals surface area contributed by atoms with Gasteiger partial charge < -0.3 is 19.4 Å². The minimum absolute atomic E-state index is 0.0507. The van der Waals surface area contributed by atoms with Crippen molar-refractivity contribution in [3.05, 3.63) is 0 Å². The molecule has 0 spiro atoms. The van der Waals surface area contributed by atoms with E-state index in [0.717, 1.165) is 12.8 Å². The first kappa shape index (κ1) is 16.2. The van der Waals surface area contributed by atoms with Gasteiger partial charge in [0.05, 0.1) is 13.2 Å². The quantitative estimate of drug-likeness (QED) is 0.422. The topological polar surface area (TPSA) is 123 Å². The highest BCUT2D eigenvalue weighted by molar-refractivity contribution is 7.60. The molecule has 98 valence electrons. The van der Waals surface area contributed by atoms with Crippen molar-refractivity contribution in [2.24, 2.45) is 0 Å². The van der Waals surface area contributed by atoms with Gasteiger partial charge in [-0.2, -0.15) is 4.31 Å². The molecule has 0 aliphatic carbocycles. The molecule has 3 N–H and O–H groups in total. The fraction of sp³-hybridized carbons (Fsp3) is 1.00. The molecule has 0 heterocycles. The molecule has 1 atom stereocenters. The van der Waals surface area contributed by atoms with Crippen molar-refractivity contribution in [3.8, 4) is 0 Å². The molecule has 16 heavy (non-hydrogen) atoms. The van der Waals surface area contributed by atoms with Crippen LogP contribution in [0.1, 0.15) is 19.8 Å². The van der Waals surface area contributed by atoms with Crippen molar-refractivity contribution in [2.45, 2.75) is 19.8 Å². The van der Waals surface area contributed by atoms with Crippen molar-refractivity contribution in [1.29, 1.82) is 0 Å². The Bertz CT molecular complexity index is 274. The van der Waals surface area contributed by atoms with Crippen LogP contribution in [-0.4, -0.2) is 34.5 Å². The van der Waals surface area contributed by atoms with Crippen molar-refractivity contribution < 1.29 is 37.4 Å². The van der Waals surface area contributed by atoms with Gasteiger partial charge in [0.2, 0.25) is 0 Å². The number of phosphoric acid groups is 2. The molecule has 8 nitrogen and oxygen atoms in total. The molecule has 0 bridgehead atoms. The van der Waals surface area contributed by atoms with E-state index < -0.39 is 15.6 Å².